The monoisotopic (exact) mass is 526 g/mol. The molecule has 0 bridgehead atoms. The first-order chi connectivity index (χ1) is 19.6. The third kappa shape index (κ3) is 5.52. The van der Waals surface area contributed by atoms with E-state index in [0.717, 1.165) is 37.1 Å². The summed E-state index contributed by atoms with van der Waals surface area (Å²) in [5.41, 5.74) is 7.40. The van der Waals surface area contributed by atoms with Crippen LogP contribution in [0.5, 0.6) is 0 Å². The first-order valence-electron chi connectivity index (χ1n) is 13.7. The Bertz CT molecular complexity index is 1380. The van der Waals surface area contributed by atoms with Gasteiger partial charge in [0.1, 0.15) is 0 Å². The second-order valence-electron chi connectivity index (χ2n) is 10.00. The molecule has 0 radical (unpaired) electrons. The molecule has 0 aromatic heterocycles. The Labute approximate surface area is 236 Å². The Morgan fingerprint density at radius 3 is 1.27 bits per heavy atom. The molecule has 2 heterocycles. The highest BCUT2D eigenvalue weighted by molar-refractivity contribution is 5.88. The van der Waals surface area contributed by atoms with Gasteiger partial charge in [-0.25, -0.2) is 0 Å². The summed E-state index contributed by atoms with van der Waals surface area (Å²) in [7, 11) is 0. The van der Waals surface area contributed by atoms with E-state index in [4.69, 9.17) is 0 Å². The molecule has 2 amide bonds. The standard InChI is InChI=1S/2C18H17NO/c2*1-2-17(20)19-13-12-14-8-6-7-11-16(14)18(19)15-9-4-3-5-10-15/h2*2-11,18H,1,12-13H2/t2*18-/m10/s1. The fraction of sp³-hybridized carbons (Fsp3) is 0.167. The van der Waals surface area contributed by atoms with Crippen LogP contribution in [0.2, 0.25) is 0 Å². The predicted octanol–water partition coefficient (Wildman–Crippen LogP) is 6.69. The summed E-state index contributed by atoms with van der Waals surface area (Å²) >= 11 is 0. The molecule has 0 aliphatic carbocycles. The molecular formula is C36H34N2O2. The molecule has 40 heavy (non-hydrogen) atoms. The topological polar surface area (TPSA) is 40.6 Å². The third-order valence-electron chi connectivity index (χ3n) is 7.71. The van der Waals surface area contributed by atoms with Crippen molar-refractivity contribution in [3.05, 3.63) is 168 Å². The summed E-state index contributed by atoms with van der Waals surface area (Å²) in [6, 6.07) is 37.1. The van der Waals surface area contributed by atoms with Crippen LogP contribution in [-0.2, 0) is 22.4 Å². The molecule has 2 atom stereocenters. The number of carbonyl (C=O) groups is 2. The van der Waals surface area contributed by atoms with Crippen LogP contribution in [0.15, 0.2) is 135 Å². The molecular weight excluding hydrogens is 492 g/mol. The summed E-state index contributed by atoms with van der Waals surface area (Å²) in [5.74, 6) is -0.0123. The lowest BCUT2D eigenvalue weighted by Crippen LogP contribution is -2.39. The van der Waals surface area contributed by atoms with Gasteiger partial charge in [-0.05, 0) is 58.4 Å². The zero-order valence-corrected chi connectivity index (χ0v) is 22.7. The fourth-order valence-corrected chi connectivity index (χ4v) is 5.83. The molecule has 0 N–H and O–H groups in total. The summed E-state index contributed by atoms with van der Waals surface area (Å²) in [6.45, 7) is 8.73. The highest BCUT2D eigenvalue weighted by Crippen LogP contribution is 2.36. The Balaban J connectivity index is 0.000000161. The summed E-state index contributed by atoms with van der Waals surface area (Å²) < 4.78 is 0. The highest BCUT2D eigenvalue weighted by Gasteiger charge is 2.31. The van der Waals surface area contributed by atoms with Crippen LogP contribution in [-0.4, -0.2) is 34.7 Å². The lowest BCUT2D eigenvalue weighted by Gasteiger charge is -2.37. The minimum atomic E-state index is -0.00773. The van der Waals surface area contributed by atoms with Crippen LogP contribution in [0.25, 0.3) is 0 Å². The lowest BCUT2D eigenvalue weighted by atomic mass is 9.88. The molecule has 200 valence electrons. The second kappa shape index (κ2) is 12.4. The van der Waals surface area contributed by atoms with E-state index in [2.05, 4.69) is 73.8 Å². The molecule has 0 fully saturated rings. The van der Waals surface area contributed by atoms with Gasteiger partial charge < -0.3 is 9.80 Å². The molecule has 6 rings (SSSR count). The van der Waals surface area contributed by atoms with Gasteiger partial charge in [0.25, 0.3) is 0 Å². The predicted molar refractivity (Wildman–Crippen MR) is 161 cm³/mol. The van der Waals surface area contributed by atoms with Crippen molar-refractivity contribution in [1.29, 1.82) is 0 Å². The minimum absolute atomic E-state index is 0.00615. The van der Waals surface area contributed by atoms with Crippen LogP contribution in [0.4, 0.5) is 0 Å². The average molecular weight is 527 g/mol. The average Bonchev–Trinajstić information content (AvgIpc) is 3.04. The van der Waals surface area contributed by atoms with Crippen molar-refractivity contribution in [3.63, 3.8) is 0 Å². The van der Waals surface area contributed by atoms with Crippen molar-refractivity contribution < 1.29 is 9.59 Å². The van der Waals surface area contributed by atoms with Gasteiger partial charge in [-0.3, -0.25) is 9.59 Å². The Morgan fingerprint density at radius 2 is 0.900 bits per heavy atom. The van der Waals surface area contributed by atoms with Gasteiger partial charge in [0, 0.05) is 13.1 Å². The third-order valence-corrected chi connectivity index (χ3v) is 7.71. The van der Waals surface area contributed by atoms with Crippen LogP contribution in [0.3, 0.4) is 0 Å². The molecule has 4 nitrogen and oxygen atoms in total. The smallest absolute Gasteiger partial charge is 0.246 e. The number of amides is 2. The lowest BCUT2D eigenvalue weighted by molar-refractivity contribution is -0.128. The molecule has 0 spiro atoms. The number of fused-ring (bicyclic) bond motifs is 2. The zero-order valence-electron chi connectivity index (χ0n) is 22.7. The van der Waals surface area contributed by atoms with E-state index >= 15 is 0 Å². The second-order valence-corrected chi connectivity index (χ2v) is 10.00. The number of rotatable bonds is 4. The maximum Gasteiger partial charge on any atom is 0.246 e. The van der Waals surface area contributed by atoms with Gasteiger partial charge in [-0.2, -0.15) is 0 Å². The first-order valence-corrected chi connectivity index (χ1v) is 13.7. The van der Waals surface area contributed by atoms with Gasteiger partial charge in [0.2, 0.25) is 11.8 Å². The van der Waals surface area contributed by atoms with E-state index < -0.39 is 0 Å². The molecule has 4 aromatic carbocycles. The number of benzene rings is 4. The van der Waals surface area contributed by atoms with Gasteiger partial charge in [0.05, 0.1) is 12.1 Å². The van der Waals surface area contributed by atoms with Gasteiger partial charge >= 0.3 is 0 Å². The van der Waals surface area contributed by atoms with E-state index in [1.807, 2.05) is 58.3 Å². The van der Waals surface area contributed by atoms with Crippen LogP contribution >= 0.6 is 0 Å². The molecule has 0 unspecified atom stereocenters. The van der Waals surface area contributed by atoms with Crippen molar-refractivity contribution in [2.24, 2.45) is 0 Å². The maximum absolute atomic E-state index is 12.2. The number of carbonyl (C=O) groups excluding carboxylic acids is 2. The van der Waals surface area contributed by atoms with E-state index in [-0.39, 0.29) is 23.9 Å². The molecule has 0 saturated heterocycles. The SMILES string of the molecule is C=CC(=O)N1CCc2ccccc2[C@@H]1c1ccccc1.C=CC(=O)N1CCc2ccccc2[C@H]1c1ccccc1. The van der Waals surface area contributed by atoms with E-state index in [1.54, 1.807) is 0 Å². The van der Waals surface area contributed by atoms with Crippen molar-refractivity contribution in [2.75, 3.05) is 13.1 Å². The van der Waals surface area contributed by atoms with Gasteiger partial charge in [0.15, 0.2) is 0 Å². The van der Waals surface area contributed by atoms with Crippen LogP contribution in [0, 0.1) is 0 Å². The van der Waals surface area contributed by atoms with E-state index in [9.17, 15) is 9.59 Å². The van der Waals surface area contributed by atoms with Gasteiger partial charge in [-0.15, -0.1) is 0 Å². The number of nitrogens with zero attached hydrogens (tertiary/aromatic N) is 2. The molecule has 0 saturated carbocycles. The van der Waals surface area contributed by atoms with Crippen LogP contribution in [0.1, 0.15) is 45.5 Å². The van der Waals surface area contributed by atoms with Gasteiger partial charge in [-0.1, -0.05) is 122 Å². The summed E-state index contributed by atoms with van der Waals surface area (Å²) in [6.07, 6.45) is 4.62. The zero-order chi connectivity index (χ0) is 27.9. The molecule has 4 heteroatoms. The minimum Gasteiger partial charge on any atom is -0.328 e. The quantitative estimate of drug-likeness (QED) is 0.278. The molecule has 2 aliphatic rings. The number of hydrogen-bond donors (Lipinski definition) is 0. The summed E-state index contributed by atoms with van der Waals surface area (Å²) in [5, 5.41) is 0. The van der Waals surface area contributed by atoms with E-state index in [1.165, 1.54) is 34.4 Å². The Morgan fingerprint density at radius 1 is 0.550 bits per heavy atom. The first kappa shape index (κ1) is 26.9. The van der Waals surface area contributed by atoms with Crippen molar-refractivity contribution >= 4 is 11.8 Å². The molecule has 2 aliphatic heterocycles. The fourth-order valence-electron chi connectivity index (χ4n) is 5.83. The van der Waals surface area contributed by atoms with Crippen molar-refractivity contribution in [1.82, 2.24) is 9.80 Å². The molecule has 4 aromatic rings. The Kier molecular flexibility index (Phi) is 8.36. The van der Waals surface area contributed by atoms with Crippen LogP contribution < -0.4 is 0 Å². The maximum atomic E-state index is 12.2. The Hall–Kier alpha value is -4.70. The highest BCUT2D eigenvalue weighted by atomic mass is 16.2. The van der Waals surface area contributed by atoms with E-state index in [0.29, 0.717) is 0 Å². The van der Waals surface area contributed by atoms with Crippen molar-refractivity contribution in [2.45, 2.75) is 24.9 Å². The van der Waals surface area contributed by atoms with Crippen molar-refractivity contribution in [3.8, 4) is 0 Å². The normalized spacial score (nSPS) is 17.4. The summed E-state index contributed by atoms with van der Waals surface area (Å²) in [4.78, 5) is 28.2. The number of hydrogen-bond acceptors (Lipinski definition) is 2. The largest absolute Gasteiger partial charge is 0.328 e.